The molecule has 1 aliphatic heterocycles. The molecule has 2 aliphatic rings. The molecule has 0 radical (unpaired) electrons. The highest BCUT2D eigenvalue weighted by Crippen LogP contribution is 2.41. The van der Waals surface area contributed by atoms with Gasteiger partial charge >= 0.3 is 7.12 Å². The zero-order valence-electron chi connectivity index (χ0n) is 15.5. The van der Waals surface area contributed by atoms with Gasteiger partial charge in [-0.15, -0.1) is 0 Å². The van der Waals surface area contributed by atoms with E-state index in [2.05, 4.69) is 52.5 Å². The first-order valence-corrected chi connectivity index (χ1v) is 8.82. The third-order valence-corrected chi connectivity index (χ3v) is 5.61. The molecule has 0 spiro atoms. The number of benzene rings is 1. The molecule has 0 bridgehead atoms. The summed E-state index contributed by atoms with van der Waals surface area (Å²) >= 11 is 0. The van der Waals surface area contributed by atoms with Gasteiger partial charge in [0.1, 0.15) is 11.3 Å². The molecule has 2 aromatic rings. The molecule has 1 aliphatic carbocycles. The molecule has 0 N–H and O–H groups in total. The predicted octanol–water partition coefficient (Wildman–Crippen LogP) is 4.78. The summed E-state index contributed by atoms with van der Waals surface area (Å²) in [5.41, 5.74) is 2.62. The van der Waals surface area contributed by atoms with Crippen LogP contribution >= 0.6 is 0 Å². The molecule has 4 rings (SSSR count). The van der Waals surface area contributed by atoms with Gasteiger partial charge in [0.2, 0.25) is 0 Å². The standard InChI is InChI=1S/C21H23BO3/c1-14-8-6-11-18-19(14)16-10-7-9-15(12-13-17(16)23-18)22-24-20(2,3)21(4,5)25-22/h6,8,11-13,15H,10H2,1-5H3/b13-12-. The second-order valence-electron chi connectivity index (χ2n) is 7.90. The van der Waals surface area contributed by atoms with Gasteiger partial charge in [0.15, 0.2) is 0 Å². The highest BCUT2D eigenvalue weighted by molar-refractivity contribution is 6.49. The lowest BCUT2D eigenvalue weighted by atomic mass is 9.71. The first kappa shape index (κ1) is 16.5. The predicted molar refractivity (Wildman–Crippen MR) is 101 cm³/mol. The maximum absolute atomic E-state index is 6.16. The second kappa shape index (κ2) is 5.52. The molecular weight excluding hydrogens is 311 g/mol. The van der Waals surface area contributed by atoms with Crippen LogP contribution in [-0.2, 0) is 15.7 Å². The SMILES string of the molecule is Cc1cccc2oc3c(c12)CC#CC(B1OC(C)(C)C(C)(C)O1)/C=C\3. The Balaban J connectivity index is 1.69. The maximum atomic E-state index is 6.16. The first-order chi connectivity index (χ1) is 11.8. The Kier molecular flexibility index (Phi) is 3.65. The fraction of sp³-hybridized carbons (Fsp3) is 0.429. The largest absolute Gasteiger partial charge is 0.478 e. The van der Waals surface area contributed by atoms with Gasteiger partial charge in [0.05, 0.1) is 17.0 Å². The Morgan fingerprint density at radius 3 is 2.56 bits per heavy atom. The summed E-state index contributed by atoms with van der Waals surface area (Å²) in [6.07, 6.45) is 4.75. The molecule has 0 saturated carbocycles. The fourth-order valence-electron chi connectivity index (χ4n) is 3.42. The molecule has 1 unspecified atom stereocenters. The third kappa shape index (κ3) is 2.63. The van der Waals surface area contributed by atoms with E-state index in [1.807, 2.05) is 24.3 Å². The molecule has 1 atom stereocenters. The van der Waals surface area contributed by atoms with Crippen LogP contribution < -0.4 is 0 Å². The van der Waals surface area contributed by atoms with Crippen molar-refractivity contribution in [1.82, 2.24) is 0 Å². The molecule has 1 saturated heterocycles. The minimum atomic E-state index is -0.360. The van der Waals surface area contributed by atoms with Gasteiger partial charge in [-0.3, -0.25) is 0 Å². The van der Waals surface area contributed by atoms with Crippen molar-refractivity contribution >= 4 is 24.2 Å². The summed E-state index contributed by atoms with van der Waals surface area (Å²) in [6.45, 7) is 10.4. The lowest BCUT2D eigenvalue weighted by Gasteiger charge is -2.32. The van der Waals surface area contributed by atoms with Crippen LogP contribution in [-0.4, -0.2) is 18.3 Å². The van der Waals surface area contributed by atoms with Crippen molar-refractivity contribution < 1.29 is 13.7 Å². The number of aryl methyl sites for hydroxylation is 1. The van der Waals surface area contributed by atoms with Crippen LogP contribution in [0.15, 0.2) is 28.7 Å². The van der Waals surface area contributed by atoms with E-state index in [-0.39, 0.29) is 24.1 Å². The van der Waals surface area contributed by atoms with Gasteiger partial charge in [-0.1, -0.05) is 30.0 Å². The highest BCUT2D eigenvalue weighted by atomic mass is 16.7. The topological polar surface area (TPSA) is 31.6 Å². The quantitative estimate of drug-likeness (QED) is 0.556. The number of rotatable bonds is 1. The lowest BCUT2D eigenvalue weighted by Crippen LogP contribution is -2.41. The first-order valence-electron chi connectivity index (χ1n) is 8.82. The Bertz CT molecular complexity index is 908. The zero-order valence-corrected chi connectivity index (χ0v) is 15.5. The van der Waals surface area contributed by atoms with Crippen LogP contribution in [0.4, 0.5) is 0 Å². The number of allylic oxidation sites excluding steroid dienone is 1. The van der Waals surface area contributed by atoms with Crippen molar-refractivity contribution in [2.24, 2.45) is 0 Å². The van der Waals surface area contributed by atoms with E-state index >= 15 is 0 Å². The Hall–Kier alpha value is -1.96. The van der Waals surface area contributed by atoms with Crippen LogP contribution in [0, 0.1) is 18.8 Å². The Morgan fingerprint density at radius 2 is 1.84 bits per heavy atom. The average Bonchev–Trinajstić information content (AvgIpc) is 2.94. The van der Waals surface area contributed by atoms with Crippen molar-refractivity contribution in [2.75, 3.05) is 0 Å². The van der Waals surface area contributed by atoms with Crippen molar-refractivity contribution in [3.05, 3.63) is 41.2 Å². The molecule has 2 heterocycles. The number of hydrogen-bond donors (Lipinski definition) is 0. The monoisotopic (exact) mass is 334 g/mol. The number of fused-ring (bicyclic) bond motifs is 3. The van der Waals surface area contributed by atoms with Gasteiger partial charge in [-0.25, -0.2) is 0 Å². The molecule has 1 aromatic heterocycles. The van der Waals surface area contributed by atoms with Gasteiger partial charge in [-0.05, 0) is 52.3 Å². The third-order valence-electron chi connectivity index (χ3n) is 5.61. The van der Waals surface area contributed by atoms with Gasteiger partial charge < -0.3 is 13.7 Å². The number of hydrogen-bond acceptors (Lipinski definition) is 3. The molecule has 3 nitrogen and oxygen atoms in total. The van der Waals surface area contributed by atoms with E-state index in [9.17, 15) is 0 Å². The van der Waals surface area contributed by atoms with Gasteiger partial charge in [0, 0.05) is 17.4 Å². The highest BCUT2D eigenvalue weighted by Gasteiger charge is 2.53. The van der Waals surface area contributed by atoms with Crippen LogP contribution in [0.1, 0.15) is 44.6 Å². The number of furan rings is 1. The van der Waals surface area contributed by atoms with Crippen molar-refractivity contribution in [1.29, 1.82) is 0 Å². The van der Waals surface area contributed by atoms with E-state index < -0.39 is 0 Å². The van der Waals surface area contributed by atoms with E-state index in [4.69, 9.17) is 13.7 Å². The van der Waals surface area contributed by atoms with Crippen LogP contribution in [0.25, 0.3) is 17.0 Å². The molecule has 1 fully saturated rings. The average molecular weight is 334 g/mol. The summed E-state index contributed by atoms with van der Waals surface area (Å²) in [5, 5.41) is 1.19. The molecule has 1 aromatic carbocycles. The normalized spacial score (nSPS) is 25.0. The smallest absolute Gasteiger partial charge is 0.456 e. The Labute approximate surface area is 149 Å². The summed E-state index contributed by atoms with van der Waals surface area (Å²) in [5.74, 6) is 7.42. The fourth-order valence-corrected chi connectivity index (χ4v) is 3.42. The van der Waals surface area contributed by atoms with E-state index in [0.717, 1.165) is 11.3 Å². The van der Waals surface area contributed by atoms with Crippen molar-refractivity contribution in [2.45, 2.75) is 58.1 Å². The minimum absolute atomic E-state index is 0.108. The zero-order chi connectivity index (χ0) is 17.8. The summed E-state index contributed by atoms with van der Waals surface area (Å²) in [7, 11) is -0.360. The molecule has 25 heavy (non-hydrogen) atoms. The summed E-state index contributed by atoms with van der Waals surface area (Å²) in [4.78, 5) is 0. The summed E-state index contributed by atoms with van der Waals surface area (Å²) < 4.78 is 18.4. The second-order valence-corrected chi connectivity index (χ2v) is 7.90. The van der Waals surface area contributed by atoms with Crippen molar-refractivity contribution in [3.8, 4) is 11.8 Å². The minimum Gasteiger partial charge on any atom is -0.456 e. The van der Waals surface area contributed by atoms with Crippen molar-refractivity contribution in [3.63, 3.8) is 0 Å². The Morgan fingerprint density at radius 1 is 1.12 bits per heavy atom. The molecule has 128 valence electrons. The van der Waals surface area contributed by atoms with Crippen LogP contribution in [0.5, 0.6) is 0 Å². The lowest BCUT2D eigenvalue weighted by molar-refractivity contribution is 0.00578. The van der Waals surface area contributed by atoms with E-state index in [1.165, 1.54) is 16.5 Å². The maximum Gasteiger partial charge on any atom is 0.478 e. The van der Waals surface area contributed by atoms with Gasteiger partial charge in [0.25, 0.3) is 0 Å². The van der Waals surface area contributed by atoms with Crippen LogP contribution in [0.2, 0.25) is 5.82 Å². The van der Waals surface area contributed by atoms with Gasteiger partial charge in [-0.2, -0.15) is 0 Å². The molecular formula is C21H23BO3. The molecule has 0 amide bonds. The molecule has 4 heteroatoms. The summed E-state index contributed by atoms with van der Waals surface area (Å²) in [6, 6.07) is 6.15. The van der Waals surface area contributed by atoms with E-state index in [0.29, 0.717) is 6.42 Å². The van der Waals surface area contributed by atoms with E-state index in [1.54, 1.807) is 0 Å². The van der Waals surface area contributed by atoms with Crippen LogP contribution in [0.3, 0.4) is 0 Å².